The lowest BCUT2D eigenvalue weighted by molar-refractivity contribution is -0.111. The van der Waals surface area contributed by atoms with Crippen molar-refractivity contribution in [3.8, 4) is 5.75 Å². The largest absolute Gasteiger partial charge is 0.497 e. The Morgan fingerprint density at radius 2 is 1.85 bits per heavy atom. The summed E-state index contributed by atoms with van der Waals surface area (Å²) >= 11 is 0. The smallest absolute Gasteiger partial charge is 0.248 e. The van der Waals surface area contributed by atoms with Crippen molar-refractivity contribution < 1.29 is 17.9 Å². The number of methoxy groups -OCH3 is 1. The lowest BCUT2D eigenvalue weighted by atomic mass is 10.1. The third-order valence-electron chi connectivity index (χ3n) is 3.85. The van der Waals surface area contributed by atoms with Gasteiger partial charge in [-0.3, -0.25) is 9.52 Å². The molecule has 0 atom stereocenters. The van der Waals surface area contributed by atoms with E-state index in [1.807, 2.05) is 24.3 Å². The summed E-state index contributed by atoms with van der Waals surface area (Å²) in [7, 11) is -1.81. The Morgan fingerprint density at radius 3 is 2.56 bits per heavy atom. The molecule has 2 N–H and O–H groups in total. The maximum absolute atomic E-state index is 12.2. The summed E-state index contributed by atoms with van der Waals surface area (Å²) < 4.78 is 31.7. The maximum atomic E-state index is 12.2. The van der Waals surface area contributed by atoms with Gasteiger partial charge in [-0.2, -0.15) is 0 Å². The van der Waals surface area contributed by atoms with Crippen LogP contribution in [-0.2, 0) is 14.8 Å². The van der Waals surface area contributed by atoms with Crippen LogP contribution >= 0.6 is 0 Å². The number of sulfonamides is 1. The molecule has 6 nitrogen and oxygen atoms in total. The zero-order chi connectivity index (χ0) is 19.9. The summed E-state index contributed by atoms with van der Waals surface area (Å²) in [4.78, 5) is 12.2. The lowest BCUT2D eigenvalue weighted by Gasteiger charge is -2.13. The molecule has 0 radical (unpaired) electrons. The summed E-state index contributed by atoms with van der Waals surface area (Å²) in [5.74, 6) is 0.446. The molecular weight excluding hydrogens is 364 g/mol. The SMILES string of the molecule is CCCS(=O)(=O)Nc1cccc(NC(=O)C=Cc2cccc(OC)c2)c1C. The molecule has 0 aliphatic carbocycles. The molecule has 0 aliphatic rings. The summed E-state index contributed by atoms with van der Waals surface area (Å²) in [5.41, 5.74) is 2.49. The molecule has 7 heteroatoms. The fourth-order valence-corrected chi connectivity index (χ4v) is 3.66. The highest BCUT2D eigenvalue weighted by Gasteiger charge is 2.12. The normalized spacial score (nSPS) is 11.4. The maximum Gasteiger partial charge on any atom is 0.248 e. The van der Waals surface area contributed by atoms with E-state index in [1.54, 1.807) is 45.2 Å². The van der Waals surface area contributed by atoms with Crippen LogP contribution in [0.25, 0.3) is 6.08 Å². The number of ether oxygens (including phenoxy) is 1. The van der Waals surface area contributed by atoms with Crippen molar-refractivity contribution in [1.82, 2.24) is 0 Å². The van der Waals surface area contributed by atoms with Gasteiger partial charge in [-0.05, 0) is 54.8 Å². The van der Waals surface area contributed by atoms with E-state index in [2.05, 4.69) is 10.0 Å². The van der Waals surface area contributed by atoms with Gasteiger partial charge in [0.05, 0.1) is 18.6 Å². The highest BCUT2D eigenvalue weighted by Crippen LogP contribution is 2.24. The molecule has 144 valence electrons. The number of carbonyl (C=O) groups is 1. The molecule has 2 aromatic carbocycles. The van der Waals surface area contributed by atoms with E-state index >= 15 is 0 Å². The van der Waals surface area contributed by atoms with E-state index in [-0.39, 0.29) is 11.7 Å². The molecule has 1 amide bonds. The molecule has 0 saturated heterocycles. The van der Waals surface area contributed by atoms with Crippen LogP contribution in [0.2, 0.25) is 0 Å². The van der Waals surface area contributed by atoms with E-state index in [0.29, 0.717) is 29.1 Å². The fraction of sp³-hybridized carbons (Fsp3) is 0.250. The van der Waals surface area contributed by atoms with Crippen molar-refractivity contribution in [2.45, 2.75) is 20.3 Å². The van der Waals surface area contributed by atoms with Gasteiger partial charge in [0, 0.05) is 11.8 Å². The monoisotopic (exact) mass is 388 g/mol. The molecule has 0 fully saturated rings. The average Bonchev–Trinajstić information content (AvgIpc) is 2.63. The van der Waals surface area contributed by atoms with Gasteiger partial charge >= 0.3 is 0 Å². The van der Waals surface area contributed by atoms with Gasteiger partial charge < -0.3 is 10.1 Å². The van der Waals surface area contributed by atoms with Gasteiger partial charge in [-0.15, -0.1) is 0 Å². The van der Waals surface area contributed by atoms with Crippen LogP contribution < -0.4 is 14.8 Å². The van der Waals surface area contributed by atoms with E-state index < -0.39 is 10.0 Å². The third-order valence-corrected chi connectivity index (χ3v) is 5.33. The predicted octanol–water partition coefficient (Wildman–Crippen LogP) is 3.81. The predicted molar refractivity (Wildman–Crippen MR) is 110 cm³/mol. The summed E-state index contributed by atoms with van der Waals surface area (Å²) in [6.07, 6.45) is 3.63. The van der Waals surface area contributed by atoms with Gasteiger partial charge in [0.15, 0.2) is 0 Å². The van der Waals surface area contributed by atoms with Gasteiger partial charge in [0.1, 0.15) is 5.75 Å². The second-order valence-electron chi connectivity index (χ2n) is 6.00. The van der Waals surface area contributed by atoms with Crippen molar-refractivity contribution in [3.05, 3.63) is 59.7 Å². The molecule has 0 aromatic heterocycles. The zero-order valence-corrected chi connectivity index (χ0v) is 16.5. The van der Waals surface area contributed by atoms with Crippen LogP contribution in [0, 0.1) is 6.92 Å². The molecule has 0 heterocycles. The van der Waals surface area contributed by atoms with Crippen LogP contribution in [0.4, 0.5) is 11.4 Å². The van der Waals surface area contributed by atoms with E-state index in [1.165, 1.54) is 6.08 Å². The average molecular weight is 388 g/mol. The summed E-state index contributed by atoms with van der Waals surface area (Å²) in [5, 5.41) is 2.78. The third kappa shape index (κ3) is 6.14. The first-order chi connectivity index (χ1) is 12.8. The van der Waals surface area contributed by atoms with E-state index in [4.69, 9.17) is 4.74 Å². The number of hydrogen-bond donors (Lipinski definition) is 2. The van der Waals surface area contributed by atoms with Gasteiger partial charge in [0.2, 0.25) is 15.9 Å². The quantitative estimate of drug-likeness (QED) is 0.674. The summed E-state index contributed by atoms with van der Waals surface area (Å²) in [6.45, 7) is 3.56. The van der Waals surface area contributed by atoms with Crippen molar-refractivity contribution in [2.24, 2.45) is 0 Å². The van der Waals surface area contributed by atoms with E-state index in [9.17, 15) is 13.2 Å². The Balaban J connectivity index is 2.11. The van der Waals surface area contributed by atoms with Crippen LogP contribution in [-0.4, -0.2) is 27.2 Å². The Morgan fingerprint density at radius 1 is 1.15 bits per heavy atom. The number of rotatable bonds is 8. The second-order valence-corrected chi connectivity index (χ2v) is 7.84. The van der Waals surface area contributed by atoms with Crippen molar-refractivity contribution in [3.63, 3.8) is 0 Å². The Bertz CT molecular complexity index is 937. The van der Waals surface area contributed by atoms with Crippen LogP contribution in [0.15, 0.2) is 48.5 Å². The Labute approximate surface area is 160 Å². The number of nitrogens with one attached hydrogen (secondary N) is 2. The van der Waals surface area contributed by atoms with E-state index in [0.717, 1.165) is 5.56 Å². The van der Waals surface area contributed by atoms with Gasteiger partial charge in [-0.25, -0.2) is 8.42 Å². The minimum absolute atomic E-state index is 0.0479. The lowest BCUT2D eigenvalue weighted by Crippen LogP contribution is -2.17. The second kappa shape index (κ2) is 9.23. The first kappa shape index (κ1) is 20.5. The van der Waals surface area contributed by atoms with Crippen molar-refractivity contribution in [1.29, 1.82) is 0 Å². The first-order valence-electron chi connectivity index (χ1n) is 8.58. The molecule has 0 unspecified atom stereocenters. The first-order valence-corrected chi connectivity index (χ1v) is 10.2. The number of amides is 1. The van der Waals surface area contributed by atoms with Crippen LogP contribution in [0.1, 0.15) is 24.5 Å². The number of carbonyl (C=O) groups excluding carboxylic acids is 1. The minimum atomic E-state index is -3.39. The highest BCUT2D eigenvalue weighted by atomic mass is 32.2. The molecule has 2 aromatic rings. The molecule has 0 saturated carbocycles. The number of hydrogen-bond acceptors (Lipinski definition) is 4. The van der Waals surface area contributed by atoms with Gasteiger partial charge in [-0.1, -0.05) is 25.1 Å². The van der Waals surface area contributed by atoms with Crippen LogP contribution in [0.3, 0.4) is 0 Å². The van der Waals surface area contributed by atoms with Crippen LogP contribution in [0.5, 0.6) is 5.75 Å². The summed E-state index contributed by atoms with van der Waals surface area (Å²) in [6, 6.07) is 12.4. The standard InChI is InChI=1S/C20H24N2O4S/c1-4-13-27(24,25)22-19-10-6-9-18(15(19)2)21-20(23)12-11-16-7-5-8-17(14-16)26-3/h5-12,14,22H,4,13H2,1-3H3,(H,21,23). The topological polar surface area (TPSA) is 84.5 Å². The molecule has 0 spiro atoms. The molecule has 0 aliphatic heterocycles. The van der Waals surface area contributed by atoms with Crippen molar-refractivity contribution in [2.75, 3.05) is 22.9 Å². The number of anilines is 2. The number of benzene rings is 2. The Kier molecular flexibility index (Phi) is 7.01. The molecule has 27 heavy (non-hydrogen) atoms. The Hall–Kier alpha value is -2.80. The molecular formula is C20H24N2O4S. The minimum Gasteiger partial charge on any atom is -0.497 e. The van der Waals surface area contributed by atoms with Gasteiger partial charge in [0.25, 0.3) is 0 Å². The van der Waals surface area contributed by atoms with Crippen molar-refractivity contribution >= 4 is 33.4 Å². The molecule has 2 rings (SSSR count). The highest BCUT2D eigenvalue weighted by molar-refractivity contribution is 7.92. The molecule has 0 bridgehead atoms. The fourth-order valence-electron chi connectivity index (χ4n) is 2.46. The zero-order valence-electron chi connectivity index (χ0n) is 15.7.